The Labute approximate surface area is 101 Å². The van der Waals surface area contributed by atoms with Gasteiger partial charge in [0.25, 0.3) is 0 Å². The molecule has 2 aromatic rings. The zero-order valence-electron chi connectivity index (χ0n) is 8.19. The summed E-state index contributed by atoms with van der Waals surface area (Å²) in [6, 6.07) is 4.19. The standard InChI is InChI=1S/C10H12BrN3S/c11-10-2-1-9(15-10)6-14-7-13-5-8(14)3-4-12/h1-2,5,7H,3-4,6,12H2. The fraction of sp³-hybridized carbons (Fsp3) is 0.300. The van der Waals surface area contributed by atoms with Crippen LogP contribution in [0.1, 0.15) is 10.6 Å². The largest absolute Gasteiger partial charge is 0.330 e. The molecule has 15 heavy (non-hydrogen) atoms. The zero-order chi connectivity index (χ0) is 10.7. The first-order valence-electron chi connectivity index (χ1n) is 4.73. The van der Waals surface area contributed by atoms with Crippen LogP contribution in [-0.4, -0.2) is 16.1 Å². The van der Waals surface area contributed by atoms with Gasteiger partial charge in [0, 0.05) is 23.2 Å². The minimum absolute atomic E-state index is 0.666. The summed E-state index contributed by atoms with van der Waals surface area (Å²) in [6.07, 6.45) is 4.63. The molecule has 2 N–H and O–H groups in total. The van der Waals surface area contributed by atoms with Crippen LogP contribution < -0.4 is 5.73 Å². The highest BCUT2D eigenvalue weighted by Crippen LogP contribution is 2.23. The highest BCUT2D eigenvalue weighted by atomic mass is 79.9. The van der Waals surface area contributed by atoms with E-state index in [4.69, 9.17) is 5.73 Å². The molecule has 0 atom stereocenters. The minimum Gasteiger partial charge on any atom is -0.330 e. The Hall–Kier alpha value is -0.650. The molecule has 0 spiro atoms. The second-order valence-corrected chi connectivity index (χ2v) is 5.80. The van der Waals surface area contributed by atoms with Crippen molar-refractivity contribution in [1.29, 1.82) is 0 Å². The summed E-state index contributed by atoms with van der Waals surface area (Å²) < 4.78 is 3.31. The number of aromatic nitrogens is 2. The predicted octanol–water partition coefficient (Wildman–Crippen LogP) is 2.26. The zero-order valence-corrected chi connectivity index (χ0v) is 10.6. The molecule has 0 aliphatic rings. The Morgan fingerprint density at radius 1 is 1.47 bits per heavy atom. The monoisotopic (exact) mass is 285 g/mol. The number of nitrogens with zero attached hydrogens (tertiary/aromatic N) is 2. The number of halogens is 1. The van der Waals surface area contributed by atoms with Gasteiger partial charge in [0.2, 0.25) is 0 Å². The molecule has 2 heterocycles. The summed E-state index contributed by atoms with van der Waals surface area (Å²) in [6.45, 7) is 1.55. The van der Waals surface area contributed by atoms with E-state index in [1.54, 1.807) is 11.3 Å². The molecular weight excluding hydrogens is 274 g/mol. The predicted molar refractivity (Wildman–Crippen MR) is 66.1 cm³/mol. The van der Waals surface area contributed by atoms with Crippen molar-refractivity contribution in [3.63, 3.8) is 0 Å². The molecule has 0 saturated carbocycles. The highest BCUT2D eigenvalue weighted by Gasteiger charge is 2.03. The molecule has 0 aliphatic heterocycles. The van der Waals surface area contributed by atoms with Crippen LogP contribution in [0.5, 0.6) is 0 Å². The molecular formula is C10H12BrN3S. The van der Waals surface area contributed by atoms with Crippen LogP contribution in [0.15, 0.2) is 28.4 Å². The molecule has 2 rings (SSSR count). The van der Waals surface area contributed by atoms with Crippen molar-refractivity contribution in [2.45, 2.75) is 13.0 Å². The Bertz CT molecular complexity index is 435. The molecule has 2 aromatic heterocycles. The van der Waals surface area contributed by atoms with Crippen LogP contribution in [0.2, 0.25) is 0 Å². The smallest absolute Gasteiger partial charge is 0.0951 e. The Kier molecular flexibility index (Phi) is 3.56. The van der Waals surface area contributed by atoms with Gasteiger partial charge in [-0.1, -0.05) is 0 Å². The van der Waals surface area contributed by atoms with Crippen LogP contribution in [0.25, 0.3) is 0 Å². The van der Waals surface area contributed by atoms with Gasteiger partial charge >= 0.3 is 0 Å². The van der Waals surface area contributed by atoms with Crippen molar-refractivity contribution < 1.29 is 0 Å². The second-order valence-electron chi connectivity index (χ2n) is 3.26. The third-order valence-electron chi connectivity index (χ3n) is 2.15. The van der Waals surface area contributed by atoms with E-state index in [-0.39, 0.29) is 0 Å². The lowest BCUT2D eigenvalue weighted by Crippen LogP contribution is -2.08. The van der Waals surface area contributed by atoms with Crippen LogP contribution in [-0.2, 0) is 13.0 Å². The first kappa shape index (κ1) is 10.9. The van der Waals surface area contributed by atoms with Crippen molar-refractivity contribution >= 4 is 27.3 Å². The van der Waals surface area contributed by atoms with Crippen molar-refractivity contribution in [2.75, 3.05) is 6.54 Å². The molecule has 5 heteroatoms. The molecule has 0 aliphatic carbocycles. The molecule has 0 saturated heterocycles. The molecule has 0 amide bonds. The summed E-state index contributed by atoms with van der Waals surface area (Å²) in [4.78, 5) is 5.46. The highest BCUT2D eigenvalue weighted by molar-refractivity contribution is 9.11. The SMILES string of the molecule is NCCc1cncn1Cc1ccc(Br)s1. The number of imidazole rings is 1. The van der Waals surface area contributed by atoms with Crippen LogP contribution in [0.3, 0.4) is 0 Å². The van der Waals surface area contributed by atoms with E-state index >= 15 is 0 Å². The van der Waals surface area contributed by atoms with E-state index in [0.717, 1.165) is 16.8 Å². The van der Waals surface area contributed by atoms with E-state index in [9.17, 15) is 0 Å². The number of hydrogen-bond acceptors (Lipinski definition) is 3. The number of hydrogen-bond donors (Lipinski definition) is 1. The summed E-state index contributed by atoms with van der Waals surface area (Å²) in [7, 11) is 0. The van der Waals surface area contributed by atoms with Gasteiger partial charge in [0.15, 0.2) is 0 Å². The number of nitrogens with two attached hydrogens (primary N) is 1. The fourth-order valence-corrected chi connectivity index (χ4v) is 2.93. The van der Waals surface area contributed by atoms with E-state index in [0.29, 0.717) is 6.54 Å². The normalized spacial score (nSPS) is 10.8. The Balaban J connectivity index is 2.13. The lowest BCUT2D eigenvalue weighted by atomic mass is 10.3. The summed E-state index contributed by atoms with van der Waals surface area (Å²) in [5.41, 5.74) is 6.74. The van der Waals surface area contributed by atoms with Crippen molar-refractivity contribution in [3.05, 3.63) is 39.0 Å². The minimum atomic E-state index is 0.666. The molecule has 0 radical (unpaired) electrons. The second kappa shape index (κ2) is 4.92. The van der Waals surface area contributed by atoms with Gasteiger partial charge in [0.05, 0.1) is 16.7 Å². The maximum Gasteiger partial charge on any atom is 0.0951 e. The lowest BCUT2D eigenvalue weighted by molar-refractivity contribution is 0.741. The third kappa shape index (κ3) is 2.68. The molecule has 0 bridgehead atoms. The fourth-order valence-electron chi connectivity index (χ4n) is 1.45. The number of rotatable bonds is 4. The van der Waals surface area contributed by atoms with Gasteiger partial charge in [-0.05, 0) is 34.6 Å². The molecule has 0 unspecified atom stereocenters. The van der Waals surface area contributed by atoms with Crippen molar-refractivity contribution in [2.24, 2.45) is 5.73 Å². The molecule has 3 nitrogen and oxygen atoms in total. The summed E-state index contributed by atoms with van der Waals surface area (Å²) in [5.74, 6) is 0. The van der Waals surface area contributed by atoms with E-state index in [1.807, 2.05) is 12.5 Å². The van der Waals surface area contributed by atoms with Crippen molar-refractivity contribution in [3.8, 4) is 0 Å². The van der Waals surface area contributed by atoms with E-state index < -0.39 is 0 Å². The van der Waals surface area contributed by atoms with Crippen LogP contribution >= 0.6 is 27.3 Å². The summed E-state index contributed by atoms with van der Waals surface area (Å²) in [5, 5.41) is 0. The maximum atomic E-state index is 5.54. The van der Waals surface area contributed by atoms with Gasteiger partial charge < -0.3 is 10.3 Å². The van der Waals surface area contributed by atoms with Gasteiger partial charge in [-0.2, -0.15) is 0 Å². The third-order valence-corrected chi connectivity index (χ3v) is 3.76. The van der Waals surface area contributed by atoms with Gasteiger partial charge in [-0.3, -0.25) is 0 Å². The van der Waals surface area contributed by atoms with Gasteiger partial charge in [-0.25, -0.2) is 4.98 Å². The van der Waals surface area contributed by atoms with Gasteiger partial charge in [-0.15, -0.1) is 11.3 Å². The summed E-state index contributed by atoms with van der Waals surface area (Å²) >= 11 is 5.21. The quantitative estimate of drug-likeness (QED) is 0.937. The van der Waals surface area contributed by atoms with Crippen LogP contribution in [0.4, 0.5) is 0 Å². The van der Waals surface area contributed by atoms with E-state index in [1.165, 1.54) is 10.6 Å². The average molecular weight is 286 g/mol. The first-order valence-corrected chi connectivity index (χ1v) is 6.34. The van der Waals surface area contributed by atoms with Crippen LogP contribution in [0, 0.1) is 0 Å². The van der Waals surface area contributed by atoms with E-state index in [2.05, 4.69) is 37.6 Å². The molecule has 0 aromatic carbocycles. The Morgan fingerprint density at radius 2 is 2.33 bits per heavy atom. The average Bonchev–Trinajstić information content (AvgIpc) is 2.78. The maximum absolute atomic E-state index is 5.54. The molecule has 80 valence electrons. The Morgan fingerprint density at radius 3 is 3.00 bits per heavy atom. The molecule has 0 fully saturated rings. The topological polar surface area (TPSA) is 43.8 Å². The van der Waals surface area contributed by atoms with Crippen molar-refractivity contribution in [1.82, 2.24) is 9.55 Å². The number of thiophene rings is 1. The lowest BCUT2D eigenvalue weighted by Gasteiger charge is -2.04. The first-order chi connectivity index (χ1) is 7.29. The van der Waals surface area contributed by atoms with Gasteiger partial charge in [0.1, 0.15) is 0 Å².